The number of carbonyl (C=O) groups is 1. The molecule has 1 aliphatic rings. The van der Waals surface area contributed by atoms with E-state index in [0.29, 0.717) is 5.82 Å². The fourth-order valence-corrected chi connectivity index (χ4v) is 1.89. The van der Waals surface area contributed by atoms with Crippen molar-refractivity contribution >= 4 is 5.97 Å². The number of aromatic amines is 1. The van der Waals surface area contributed by atoms with Crippen molar-refractivity contribution in [3.63, 3.8) is 0 Å². The normalized spacial score (nSPS) is 15.9. The molecule has 0 aromatic carbocycles. The van der Waals surface area contributed by atoms with Gasteiger partial charge in [0, 0.05) is 5.92 Å². The molecule has 0 unspecified atom stereocenters. The number of nitrogens with zero attached hydrogens (tertiary/aromatic N) is 1. The minimum atomic E-state index is -1.14. The maximum atomic E-state index is 12.0. The maximum absolute atomic E-state index is 12.0. The molecule has 1 aromatic rings. The van der Waals surface area contributed by atoms with E-state index in [4.69, 9.17) is 5.11 Å². The quantitative estimate of drug-likeness (QED) is 0.817. The van der Waals surface area contributed by atoms with E-state index in [2.05, 4.69) is 9.97 Å². The number of rotatable bonds is 2. The molecule has 92 valence electrons. The second-order valence-electron chi connectivity index (χ2n) is 5.50. The average molecular weight is 236 g/mol. The third kappa shape index (κ3) is 2.23. The third-order valence-corrected chi connectivity index (χ3v) is 2.85. The molecule has 0 spiro atoms. The van der Waals surface area contributed by atoms with Crippen LogP contribution in [0, 0.1) is 0 Å². The minimum absolute atomic E-state index is 0.108. The monoisotopic (exact) mass is 236 g/mol. The maximum Gasteiger partial charge on any atom is 0.355 e. The summed E-state index contributed by atoms with van der Waals surface area (Å²) in [6, 6.07) is 0. The minimum Gasteiger partial charge on any atom is -0.476 e. The van der Waals surface area contributed by atoms with Gasteiger partial charge in [-0.05, 0) is 18.3 Å². The Morgan fingerprint density at radius 1 is 1.41 bits per heavy atom. The van der Waals surface area contributed by atoms with Crippen LogP contribution in [0.3, 0.4) is 0 Å². The first-order valence-corrected chi connectivity index (χ1v) is 5.68. The molecule has 1 heterocycles. The Morgan fingerprint density at radius 3 is 2.41 bits per heavy atom. The third-order valence-electron chi connectivity index (χ3n) is 2.85. The molecule has 1 aliphatic carbocycles. The second kappa shape index (κ2) is 3.68. The van der Waals surface area contributed by atoms with Crippen molar-refractivity contribution in [2.75, 3.05) is 0 Å². The highest BCUT2D eigenvalue weighted by atomic mass is 16.4. The highest BCUT2D eigenvalue weighted by Crippen LogP contribution is 2.38. The lowest BCUT2D eigenvalue weighted by atomic mass is 9.86. The first-order chi connectivity index (χ1) is 7.80. The van der Waals surface area contributed by atoms with Crippen LogP contribution in [-0.4, -0.2) is 21.0 Å². The zero-order valence-electron chi connectivity index (χ0n) is 10.2. The summed E-state index contributed by atoms with van der Waals surface area (Å²) in [7, 11) is 0. The van der Waals surface area contributed by atoms with E-state index in [-0.39, 0.29) is 22.7 Å². The summed E-state index contributed by atoms with van der Waals surface area (Å²) in [6.07, 6.45) is 1.94. The number of carboxylic acid groups (broad SMARTS) is 1. The second-order valence-corrected chi connectivity index (χ2v) is 5.50. The van der Waals surface area contributed by atoms with Gasteiger partial charge in [0.25, 0.3) is 5.56 Å². The van der Waals surface area contributed by atoms with Crippen molar-refractivity contribution < 1.29 is 9.90 Å². The fourth-order valence-electron chi connectivity index (χ4n) is 1.89. The first-order valence-electron chi connectivity index (χ1n) is 5.68. The lowest BCUT2D eigenvalue weighted by Crippen LogP contribution is -2.31. The highest BCUT2D eigenvalue weighted by molar-refractivity contribution is 5.87. The van der Waals surface area contributed by atoms with E-state index in [1.807, 2.05) is 20.8 Å². The number of nitrogens with one attached hydrogen (secondary N) is 1. The molecule has 0 saturated heterocycles. The predicted octanol–water partition coefficient (Wildman–Crippen LogP) is 1.64. The van der Waals surface area contributed by atoms with Gasteiger partial charge in [-0.15, -0.1) is 0 Å². The molecular formula is C12H16N2O3. The van der Waals surface area contributed by atoms with E-state index in [9.17, 15) is 9.59 Å². The van der Waals surface area contributed by atoms with Crippen molar-refractivity contribution in [3.05, 3.63) is 27.4 Å². The first kappa shape index (κ1) is 11.8. The summed E-state index contributed by atoms with van der Waals surface area (Å²) in [6.45, 7) is 5.42. The van der Waals surface area contributed by atoms with Crippen LogP contribution < -0.4 is 5.56 Å². The molecule has 0 radical (unpaired) electrons. The van der Waals surface area contributed by atoms with Gasteiger partial charge < -0.3 is 10.1 Å². The smallest absolute Gasteiger partial charge is 0.355 e. The molecule has 1 fully saturated rings. The van der Waals surface area contributed by atoms with Crippen LogP contribution in [0.25, 0.3) is 0 Å². The number of aromatic carboxylic acids is 1. The molecule has 1 saturated carbocycles. The van der Waals surface area contributed by atoms with Crippen molar-refractivity contribution in [1.29, 1.82) is 0 Å². The Hall–Kier alpha value is -1.65. The molecule has 17 heavy (non-hydrogen) atoms. The van der Waals surface area contributed by atoms with E-state index < -0.39 is 11.4 Å². The summed E-state index contributed by atoms with van der Waals surface area (Å²) in [5.74, 6) is -0.391. The SMILES string of the molecule is CC(C)(C)c1c(C(=O)O)nc(C2CC2)[nH]c1=O. The van der Waals surface area contributed by atoms with Gasteiger partial charge in [-0.2, -0.15) is 0 Å². The lowest BCUT2D eigenvalue weighted by Gasteiger charge is -2.19. The van der Waals surface area contributed by atoms with Gasteiger partial charge in [0.05, 0.1) is 5.56 Å². The summed E-state index contributed by atoms with van der Waals surface area (Å²) in [4.78, 5) is 30.0. The van der Waals surface area contributed by atoms with Crippen LogP contribution in [0.1, 0.15) is 61.4 Å². The zero-order chi connectivity index (χ0) is 12.8. The molecule has 0 aliphatic heterocycles. The highest BCUT2D eigenvalue weighted by Gasteiger charge is 2.32. The van der Waals surface area contributed by atoms with Gasteiger partial charge in [-0.3, -0.25) is 4.79 Å². The Kier molecular flexibility index (Phi) is 2.56. The van der Waals surface area contributed by atoms with Gasteiger partial charge in [0.15, 0.2) is 5.69 Å². The van der Waals surface area contributed by atoms with Crippen molar-refractivity contribution in [3.8, 4) is 0 Å². The number of aromatic nitrogens is 2. The fraction of sp³-hybridized carbons (Fsp3) is 0.583. The molecule has 5 nitrogen and oxygen atoms in total. The van der Waals surface area contributed by atoms with Crippen LogP contribution in [0.4, 0.5) is 0 Å². The molecule has 1 aromatic heterocycles. The summed E-state index contributed by atoms with van der Waals surface area (Å²) < 4.78 is 0. The van der Waals surface area contributed by atoms with Gasteiger partial charge >= 0.3 is 5.97 Å². The van der Waals surface area contributed by atoms with Crippen molar-refractivity contribution in [2.45, 2.75) is 44.9 Å². The van der Waals surface area contributed by atoms with E-state index in [1.165, 1.54) is 0 Å². The van der Waals surface area contributed by atoms with Gasteiger partial charge in [-0.25, -0.2) is 9.78 Å². The molecule has 0 bridgehead atoms. The van der Waals surface area contributed by atoms with Gasteiger partial charge in [0.2, 0.25) is 0 Å². The number of hydrogen-bond donors (Lipinski definition) is 2. The van der Waals surface area contributed by atoms with Gasteiger partial charge in [0.1, 0.15) is 5.82 Å². The molecule has 5 heteroatoms. The summed E-state index contributed by atoms with van der Waals surface area (Å²) in [5.41, 5.74) is -0.722. The molecule has 0 atom stereocenters. The Bertz CT molecular complexity index is 522. The predicted molar refractivity (Wildman–Crippen MR) is 62.5 cm³/mol. The van der Waals surface area contributed by atoms with E-state index in [0.717, 1.165) is 12.8 Å². The number of hydrogen-bond acceptors (Lipinski definition) is 3. The van der Waals surface area contributed by atoms with Gasteiger partial charge in [-0.1, -0.05) is 20.8 Å². The van der Waals surface area contributed by atoms with Crippen molar-refractivity contribution in [1.82, 2.24) is 9.97 Å². The Labute approximate surface area is 98.9 Å². The molecule has 2 N–H and O–H groups in total. The van der Waals surface area contributed by atoms with Crippen molar-refractivity contribution in [2.24, 2.45) is 0 Å². The Morgan fingerprint density at radius 2 is 2.00 bits per heavy atom. The standard InChI is InChI=1S/C12H16N2O3/c1-12(2,3)7-8(11(16)17)13-9(6-4-5-6)14-10(7)15/h6H,4-5H2,1-3H3,(H,16,17)(H,13,14,15). The molecule has 2 rings (SSSR count). The summed E-state index contributed by atoms with van der Waals surface area (Å²) >= 11 is 0. The lowest BCUT2D eigenvalue weighted by molar-refractivity contribution is 0.0686. The topological polar surface area (TPSA) is 83.0 Å². The summed E-state index contributed by atoms with van der Waals surface area (Å²) in [5, 5.41) is 9.16. The largest absolute Gasteiger partial charge is 0.476 e. The number of H-pyrrole nitrogens is 1. The van der Waals surface area contributed by atoms with Crippen LogP contribution in [0.2, 0.25) is 0 Å². The zero-order valence-corrected chi connectivity index (χ0v) is 10.2. The molecular weight excluding hydrogens is 220 g/mol. The van der Waals surface area contributed by atoms with Crippen LogP contribution in [-0.2, 0) is 5.41 Å². The van der Waals surface area contributed by atoms with E-state index in [1.54, 1.807) is 0 Å². The average Bonchev–Trinajstić information content (AvgIpc) is 2.96. The number of carboxylic acids is 1. The van der Waals surface area contributed by atoms with E-state index >= 15 is 0 Å². The van der Waals surface area contributed by atoms with Crippen LogP contribution in [0.5, 0.6) is 0 Å². The molecule has 0 amide bonds. The van der Waals surface area contributed by atoms with Crippen LogP contribution in [0.15, 0.2) is 4.79 Å². The Balaban J connectivity index is 2.66. The van der Waals surface area contributed by atoms with Crippen LogP contribution >= 0.6 is 0 Å².